The number of benzene rings is 1. The molecule has 0 heterocycles. The molecule has 0 unspecified atom stereocenters. The molecular weight excluding hydrogens is 596 g/mol. The van der Waals surface area contributed by atoms with E-state index in [1.165, 1.54) is 13.8 Å². The van der Waals surface area contributed by atoms with E-state index in [1.54, 1.807) is 44.2 Å². The van der Waals surface area contributed by atoms with Gasteiger partial charge in [0.1, 0.15) is 30.2 Å². The Morgan fingerprint density at radius 3 is 1.58 bits per heavy atom. The van der Waals surface area contributed by atoms with E-state index in [-0.39, 0.29) is 6.42 Å². The summed E-state index contributed by atoms with van der Waals surface area (Å²) in [5.41, 5.74) is 6.11. The number of carboxylic acid groups (broad SMARTS) is 3. The summed E-state index contributed by atoms with van der Waals surface area (Å²) >= 11 is 0. The van der Waals surface area contributed by atoms with Crippen molar-refractivity contribution in [2.45, 2.75) is 83.2 Å². The van der Waals surface area contributed by atoms with Crippen LogP contribution in [0.5, 0.6) is 0 Å². The minimum absolute atomic E-state index is 0.00276. The van der Waals surface area contributed by atoms with Crippen LogP contribution in [0.4, 0.5) is 0 Å². The maximum absolute atomic E-state index is 13.1. The Bertz CT molecular complexity index is 1260. The molecule has 0 aliphatic carbocycles. The summed E-state index contributed by atoms with van der Waals surface area (Å²) < 4.78 is 0. The van der Waals surface area contributed by atoms with E-state index in [9.17, 15) is 43.5 Å². The van der Waals surface area contributed by atoms with Gasteiger partial charge in [0.2, 0.25) is 29.5 Å². The summed E-state index contributed by atoms with van der Waals surface area (Å²) in [6.07, 6.45) is -1.69. The summed E-state index contributed by atoms with van der Waals surface area (Å²) in [6, 6.07) is 0.278. The number of nitrogens with two attached hydrogens (primary N) is 1. The van der Waals surface area contributed by atoms with Crippen molar-refractivity contribution in [2.24, 2.45) is 11.7 Å². The molecule has 0 fully saturated rings. The number of carbonyl (C=O) groups excluding carboxylic acids is 5. The molecule has 0 bridgehead atoms. The molecule has 10 N–H and O–H groups in total. The van der Waals surface area contributed by atoms with Crippen LogP contribution < -0.4 is 32.3 Å². The van der Waals surface area contributed by atoms with Crippen LogP contribution in [0, 0.1) is 5.92 Å². The van der Waals surface area contributed by atoms with Crippen LogP contribution in [0.25, 0.3) is 0 Å². The molecule has 17 heteroatoms. The lowest BCUT2D eigenvalue weighted by atomic mass is 10.0. The molecule has 1 aromatic rings. The summed E-state index contributed by atoms with van der Waals surface area (Å²) in [6.45, 7) is 5.73. The SMILES string of the molecule is CC(C)[C@H](NC(=O)[C@H](Cc1ccccc1)NC(=O)[C@H](C)NC(=O)[C@H](C)NC(=O)[C@H](CC(=O)O)NC(=O)[C@@H](N)CC(=O)O)C(=O)O. The average Bonchev–Trinajstić information content (AvgIpc) is 2.94. The first-order valence-corrected chi connectivity index (χ1v) is 13.9. The number of hydrogen-bond acceptors (Lipinski definition) is 9. The number of hydrogen-bond donors (Lipinski definition) is 9. The molecule has 0 saturated carbocycles. The Labute approximate surface area is 258 Å². The summed E-state index contributed by atoms with van der Waals surface area (Å²) in [5.74, 6) is -9.24. The molecule has 0 aliphatic heterocycles. The largest absolute Gasteiger partial charge is 0.481 e. The first-order chi connectivity index (χ1) is 20.9. The van der Waals surface area contributed by atoms with Crippen molar-refractivity contribution in [3.63, 3.8) is 0 Å². The van der Waals surface area contributed by atoms with Crippen LogP contribution in [-0.2, 0) is 44.8 Å². The van der Waals surface area contributed by atoms with Crippen molar-refractivity contribution in [1.29, 1.82) is 0 Å². The Kier molecular flexibility index (Phi) is 15.1. The molecular formula is C28H40N6O11. The van der Waals surface area contributed by atoms with Gasteiger partial charge in [-0.3, -0.25) is 33.6 Å². The van der Waals surface area contributed by atoms with E-state index in [0.717, 1.165) is 0 Å². The lowest BCUT2D eigenvalue weighted by Gasteiger charge is -2.25. The van der Waals surface area contributed by atoms with E-state index in [1.807, 2.05) is 5.32 Å². The second-order valence-electron chi connectivity index (χ2n) is 10.6. The van der Waals surface area contributed by atoms with Gasteiger partial charge in [-0.1, -0.05) is 44.2 Å². The molecule has 0 saturated heterocycles. The molecule has 45 heavy (non-hydrogen) atoms. The summed E-state index contributed by atoms with van der Waals surface area (Å²) in [5, 5.41) is 38.9. The quantitative estimate of drug-likeness (QED) is 0.0823. The highest BCUT2D eigenvalue weighted by Crippen LogP contribution is 2.07. The van der Waals surface area contributed by atoms with Gasteiger partial charge in [-0.05, 0) is 25.3 Å². The highest BCUT2D eigenvalue weighted by atomic mass is 16.4. The fraction of sp³-hybridized carbons (Fsp3) is 0.500. The van der Waals surface area contributed by atoms with Gasteiger partial charge >= 0.3 is 17.9 Å². The summed E-state index contributed by atoms with van der Waals surface area (Å²) in [7, 11) is 0. The van der Waals surface area contributed by atoms with Crippen LogP contribution in [0.2, 0.25) is 0 Å². The van der Waals surface area contributed by atoms with E-state index >= 15 is 0 Å². The molecule has 0 aliphatic rings. The number of rotatable bonds is 18. The number of carbonyl (C=O) groups is 8. The second kappa shape index (κ2) is 17.9. The van der Waals surface area contributed by atoms with Gasteiger partial charge in [0.05, 0.1) is 18.9 Å². The molecule has 1 rings (SSSR count). The molecule has 0 radical (unpaired) electrons. The Hall–Kier alpha value is -5.06. The zero-order valence-corrected chi connectivity index (χ0v) is 25.2. The van der Waals surface area contributed by atoms with E-state index in [4.69, 9.17) is 15.9 Å². The van der Waals surface area contributed by atoms with Gasteiger partial charge < -0.3 is 47.6 Å². The lowest BCUT2D eigenvalue weighted by Crippen LogP contribution is -2.59. The average molecular weight is 637 g/mol. The van der Waals surface area contributed by atoms with Crippen LogP contribution in [0.15, 0.2) is 30.3 Å². The lowest BCUT2D eigenvalue weighted by molar-refractivity contribution is -0.143. The normalized spacial score (nSPS) is 14.8. The van der Waals surface area contributed by atoms with Crippen LogP contribution >= 0.6 is 0 Å². The topological polar surface area (TPSA) is 283 Å². The molecule has 248 valence electrons. The van der Waals surface area contributed by atoms with E-state index in [0.29, 0.717) is 5.56 Å². The van der Waals surface area contributed by atoms with Gasteiger partial charge in [0.25, 0.3) is 0 Å². The Balaban J connectivity index is 2.94. The molecule has 6 atom stereocenters. The minimum atomic E-state index is -1.71. The molecule has 5 amide bonds. The first kappa shape index (κ1) is 38.0. The predicted octanol–water partition coefficient (Wildman–Crippen LogP) is -2.29. The molecule has 17 nitrogen and oxygen atoms in total. The van der Waals surface area contributed by atoms with Crippen molar-refractivity contribution >= 4 is 47.4 Å². The van der Waals surface area contributed by atoms with Crippen molar-refractivity contribution in [2.75, 3.05) is 0 Å². The van der Waals surface area contributed by atoms with Gasteiger partial charge in [0, 0.05) is 6.42 Å². The van der Waals surface area contributed by atoms with Gasteiger partial charge in [0.15, 0.2) is 0 Å². The van der Waals surface area contributed by atoms with Crippen molar-refractivity contribution in [1.82, 2.24) is 26.6 Å². The smallest absolute Gasteiger partial charge is 0.326 e. The standard InChI is InChI=1S/C28H40N6O11/c1-13(2)22(28(44)45)34-27(43)18(10-16-8-6-5-7-9-16)32-24(40)15(4)30-23(39)14(3)31-26(42)19(12-21(37)38)33-25(41)17(29)11-20(35)36/h5-9,13-15,17-19,22H,10-12,29H2,1-4H3,(H,30,39)(H,31,42)(H,32,40)(H,33,41)(H,34,43)(H,35,36)(H,37,38)(H,44,45)/t14-,15-,17-,18-,19-,22-/m0/s1. The van der Waals surface area contributed by atoms with Crippen molar-refractivity contribution in [3.8, 4) is 0 Å². The van der Waals surface area contributed by atoms with Crippen LogP contribution in [0.3, 0.4) is 0 Å². The summed E-state index contributed by atoms with van der Waals surface area (Å²) in [4.78, 5) is 97.2. The monoisotopic (exact) mass is 636 g/mol. The third kappa shape index (κ3) is 13.4. The number of nitrogens with one attached hydrogen (secondary N) is 5. The van der Waals surface area contributed by atoms with Crippen LogP contribution in [-0.4, -0.2) is 99.0 Å². The molecule has 0 aromatic heterocycles. The highest BCUT2D eigenvalue weighted by Gasteiger charge is 2.32. The number of carboxylic acids is 3. The number of aliphatic carboxylic acids is 3. The maximum Gasteiger partial charge on any atom is 0.326 e. The van der Waals surface area contributed by atoms with Crippen molar-refractivity contribution < 1.29 is 53.7 Å². The minimum Gasteiger partial charge on any atom is -0.481 e. The van der Waals surface area contributed by atoms with Gasteiger partial charge in [-0.2, -0.15) is 0 Å². The van der Waals surface area contributed by atoms with Gasteiger partial charge in [-0.15, -0.1) is 0 Å². The third-order valence-electron chi connectivity index (χ3n) is 6.39. The van der Waals surface area contributed by atoms with E-state index in [2.05, 4.69) is 21.3 Å². The fourth-order valence-electron chi connectivity index (χ4n) is 3.85. The zero-order valence-electron chi connectivity index (χ0n) is 25.2. The van der Waals surface area contributed by atoms with E-state index < -0.39 is 102 Å². The Morgan fingerprint density at radius 2 is 1.09 bits per heavy atom. The van der Waals surface area contributed by atoms with Gasteiger partial charge in [-0.25, -0.2) is 4.79 Å². The van der Waals surface area contributed by atoms with Crippen LogP contribution in [0.1, 0.15) is 46.1 Å². The number of amides is 5. The molecule has 1 aromatic carbocycles. The fourth-order valence-corrected chi connectivity index (χ4v) is 3.85. The third-order valence-corrected chi connectivity index (χ3v) is 6.39. The zero-order chi connectivity index (χ0) is 34.4. The first-order valence-electron chi connectivity index (χ1n) is 13.9. The predicted molar refractivity (Wildman–Crippen MR) is 156 cm³/mol. The second-order valence-corrected chi connectivity index (χ2v) is 10.6. The van der Waals surface area contributed by atoms with Crippen molar-refractivity contribution in [3.05, 3.63) is 35.9 Å². The Morgan fingerprint density at radius 1 is 0.622 bits per heavy atom. The highest BCUT2D eigenvalue weighted by molar-refractivity contribution is 5.97. The molecule has 0 spiro atoms. The maximum atomic E-state index is 13.1.